The number of hydrogen-bond acceptors (Lipinski definition) is 5. The van der Waals surface area contributed by atoms with E-state index < -0.39 is 0 Å². The van der Waals surface area contributed by atoms with Crippen LogP contribution in [-0.2, 0) is 14.2 Å². The maximum Gasteiger partial charge on any atom is 0.409 e. The van der Waals surface area contributed by atoms with Crippen LogP contribution in [0.5, 0.6) is 0 Å². The van der Waals surface area contributed by atoms with Crippen LogP contribution in [0, 0.1) is 0 Å². The van der Waals surface area contributed by atoms with Gasteiger partial charge in [-0.1, -0.05) is 26.5 Å². The van der Waals surface area contributed by atoms with Crippen molar-refractivity contribution in [2.45, 2.75) is 53.1 Å². The van der Waals surface area contributed by atoms with Gasteiger partial charge in [0, 0.05) is 20.5 Å². The van der Waals surface area contributed by atoms with E-state index in [1.165, 1.54) is 4.90 Å². The lowest BCUT2D eigenvalue weighted by atomic mass is 10.2. The molecule has 0 spiro atoms. The SMILES string of the molecule is C=CC1=C(N=C)COC(/C=C\CC)=C(CC)O1.CN(C)C(=O)OC(C)(C)C. The molecule has 0 aromatic carbocycles. The summed E-state index contributed by atoms with van der Waals surface area (Å²) < 4.78 is 16.4. The molecule has 6 nitrogen and oxygen atoms in total. The highest BCUT2D eigenvalue weighted by atomic mass is 16.6. The summed E-state index contributed by atoms with van der Waals surface area (Å²) in [5.74, 6) is 2.17. The maximum absolute atomic E-state index is 10.9. The molecule has 152 valence electrons. The Kier molecular flexibility index (Phi) is 10.9. The van der Waals surface area contributed by atoms with Gasteiger partial charge in [0.1, 0.15) is 23.7 Å². The van der Waals surface area contributed by atoms with Gasteiger partial charge in [-0.2, -0.15) is 0 Å². The van der Waals surface area contributed by atoms with Gasteiger partial charge in [-0.3, -0.25) is 4.99 Å². The van der Waals surface area contributed by atoms with Crippen molar-refractivity contribution < 1.29 is 19.0 Å². The molecule has 6 heteroatoms. The highest BCUT2D eigenvalue weighted by Crippen LogP contribution is 2.25. The van der Waals surface area contributed by atoms with Crippen LogP contribution < -0.4 is 0 Å². The molecule has 0 saturated heterocycles. The van der Waals surface area contributed by atoms with Gasteiger partial charge >= 0.3 is 6.09 Å². The smallest absolute Gasteiger partial charge is 0.409 e. The van der Waals surface area contributed by atoms with Gasteiger partial charge in [-0.15, -0.1) is 0 Å². The van der Waals surface area contributed by atoms with Gasteiger partial charge in [-0.25, -0.2) is 4.79 Å². The van der Waals surface area contributed by atoms with Crippen LogP contribution >= 0.6 is 0 Å². The van der Waals surface area contributed by atoms with E-state index in [0.717, 1.165) is 24.4 Å². The van der Waals surface area contributed by atoms with E-state index in [1.54, 1.807) is 20.2 Å². The quantitative estimate of drug-likeness (QED) is 0.617. The van der Waals surface area contributed by atoms with Crippen molar-refractivity contribution in [1.82, 2.24) is 4.90 Å². The van der Waals surface area contributed by atoms with Crippen LogP contribution in [0.1, 0.15) is 47.5 Å². The number of nitrogens with zero attached hydrogens (tertiary/aromatic N) is 2. The molecule has 0 unspecified atom stereocenters. The molecular weight excluding hydrogens is 344 g/mol. The Balaban J connectivity index is 0.000000580. The van der Waals surface area contributed by atoms with Crippen molar-refractivity contribution in [2.75, 3.05) is 20.7 Å². The Morgan fingerprint density at radius 3 is 2.30 bits per heavy atom. The summed E-state index contributed by atoms with van der Waals surface area (Å²) in [7, 11) is 3.32. The normalized spacial score (nSPS) is 14.5. The number of aliphatic imine (C=N–C) groups is 1. The largest absolute Gasteiger partial charge is 0.484 e. The summed E-state index contributed by atoms with van der Waals surface area (Å²) in [6.45, 7) is 17.2. The lowest BCUT2D eigenvalue weighted by molar-refractivity contribution is 0.0341. The van der Waals surface area contributed by atoms with Crippen LogP contribution in [0.3, 0.4) is 0 Å². The van der Waals surface area contributed by atoms with Gasteiger partial charge in [0.05, 0.1) is 0 Å². The topological polar surface area (TPSA) is 60.4 Å². The minimum Gasteiger partial charge on any atom is -0.484 e. The molecule has 1 aliphatic rings. The Morgan fingerprint density at radius 1 is 1.30 bits per heavy atom. The Morgan fingerprint density at radius 2 is 1.93 bits per heavy atom. The number of ether oxygens (including phenoxy) is 3. The Bertz CT molecular complexity index is 608. The first-order valence-corrected chi connectivity index (χ1v) is 9.02. The zero-order valence-electron chi connectivity index (χ0n) is 17.8. The van der Waals surface area contributed by atoms with Gasteiger partial charge in [0.25, 0.3) is 0 Å². The van der Waals surface area contributed by atoms with Crippen molar-refractivity contribution in [3.63, 3.8) is 0 Å². The summed E-state index contributed by atoms with van der Waals surface area (Å²) >= 11 is 0. The molecule has 27 heavy (non-hydrogen) atoms. The molecule has 0 fully saturated rings. The summed E-state index contributed by atoms with van der Waals surface area (Å²) in [4.78, 5) is 16.2. The predicted octanol–water partition coefficient (Wildman–Crippen LogP) is 5.20. The third-order valence-corrected chi connectivity index (χ3v) is 3.12. The Hall–Kier alpha value is -2.50. The molecule has 0 saturated carbocycles. The van der Waals surface area contributed by atoms with Crippen LogP contribution in [0.15, 0.2) is 52.8 Å². The van der Waals surface area contributed by atoms with E-state index in [0.29, 0.717) is 18.1 Å². The molecule has 1 rings (SSSR count). The molecular formula is C21H34N2O4. The molecule has 0 atom stereocenters. The van der Waals surface area contributed by atoms with Crippen molar-refractivity contribution in [3.8, 4) is 0 Å². The number of carbonyl (C=O) groups excluding carboxylic acids is 1. The summed E-state index contributed by atoms with van der Waals surface area (Å²) in [5, 5.41) is 0. The molecule has 0 bridgehead atoms. The maximum atomic E-state index is 10.9. The highest BCUT2D eigenvalue weighted by molar-refractivity contribution is 5.67. The molecule has 0 radical (unpaired) electrons. The molecule has 0 aliphatic carbocycles. The summed E-state index contributed by atoms with van der Waals surface area (Å²) in [5.41, 5.74) is 0.285. The van der Waals surface area contributed by atoms with Crippen molar-refractivity contribution in [2.24, 2.45) is 4.99 Å². The van der Waals surface area contributed by atoms with E-state index in [4.69, 9.17) is 14.2 Å². The fraction of sp³-hybridized carbons (Fsp3) is 0.524. The van der Waals surface area contributed by atoms with E-state index >= 15 is 0 Å². The third-order valence-electron chi connectivity index (χ3n) is 3.12. The molecule has 1 amide bonds. The van der Waals surface area contributed by atoms with Crippen LogP contribution in [-0.4, -0.2) is 44.0 Å². The number of hydrogen-bond donors (Lipinski definition) is 0. The van der Waals surface area contributed by atoms with Gasteiger partial charge in [0.2, 0.25) is 0 Å². The lowest BCUT2D eigenvalue weighted by Crippen LogP contribution is -2.31. The third kappa shape index (κ3) is 9.68. The monoisotopic (exact) mass is 378 g/mol. The van der Waals surface area contributed by atoms with Crippen LogP contribution in [0.25, 0.3) is 0 Å². The zero-order chi connectivity index (χ0) is 21.0. The highest BCUT2D eigenvalue weighted by Gasteiger charge is 2.17. The first-order valence-electron chi connectivity index (χ1n) is 9.02. The minimum atomic E-state index is -0.388. The molecule has 1 aliphatic heterocycles. The van der Waals surface area contributed by atoms with Crippen molar-refractivity contribution in [1.29, 1.82) is 0 Å². The van der Waals surface area contributed by atoms with Gasteiger partial charge in [-0.05, 0) is 46.1 Å². The standard InChI is InChI=1S/C14H19NO2.C7H15NO2/c1-5-8-9-14-13(7-3)17-12(6-2)11(15-4)10-16-14;1-7(2,3)10-6(9)8(4)5/h6,8-9H,2,4-5,7,10H2,1,3H3;1-5H3/b9-8-;. The van der Waals surface area contributed by atoms with Crippen LogP contribution in [0.4, 0.5) is 4.79 Å². The van der Waals surface area contributed by atoms with Gasteiger partial charge < -0.3 is 19.1 Å². The number of carbonyl (C=O) groups is 1. The molecule has 0 aromatic rings. The predicted molar refractivity (Wildman–Crippen MR) is 110 cm³/mol. The van der Waals surface area contributed by atoms with Crippen molar-refractivity contribution >= 4 is 12.8 Å². The van der Waals surface area contributed by atoms with E-state index in [-0.39, 0.29) is 11.7 Å². The average molecular weight is 379 g/mol. The number of rotatable bonds is 5. The number of allylic oxidation sites excluding steroid dienone is 4. The first kappa shape index (κ1) is 24.5. The van der Waals surface area contributed by atoms with Gasteiger partial charge in [0.15, 0.2) is 11.5 Å². The van der Waals surface area contributed by atoms with E-state index in [1.807, 2.05) is 39.8 Å². The second-order valence-corrected chi connectivity index (χ2v) is 6.89. The molecule has 0 N–H and O–H groups in total. The van der Waals surface area contributed by atoms with E-state index in [2.05, 4.69) is 25.2 Å². The fourth-order valence-corrected chi connectivity index (χ4v) is 1.79. The van der Waals surface area contributed by atoms with E-state index in [9.17, 15) is 4.79 Å². The average Bonchev–Trinajstić information content (AvgIpc) is 2.77. The van der Waals surface area contributed by atoms with Crippen molar-refractivity contribution in [3.05, 3.63) is 47.8 Å². The first-order chi connectivity index (χ1) is 12.6. The second kappa shape index (κ2) is 12.0. The lowest BCUT2D eigenvalue weighted by Gasteiger charge is -2.22. The second-order valence-electron chi connectivity index (χ2n) is 6.89. The zero-order valence-corrected chi connectivity index (χ0v) is 17.8. The molecule has 1 heterocycles. The molecule has 0 aromatic heterocycles. The fourth-order valence-electron chi connectivity index (χ4n) is 1.79. The minimum absolute atomic E-state index is 0.299. The Labute approximate surface area is 163 Å². The summed E-state index contributed by atoms with van der Waals surface area (Å²) in [6.07, 6.45) is 7.02. The number of amides is 1. The summed E-state index contributed by atoms with van der Waals surface area (Å²) in [6, 6.07) is 0. The van der Waals surface area contributed by atoms with Crippen LogP contribution in [0.2, 0.25) is 0 Å².